The number of nitrogens with one attached hydrogen (secondary N) is 1. The van der Waals surface area contributed by atoms with Gasteiger partial charge in [0.1, 0.15) is 23.1 Å². The van der Waals surface area contributed by atoms with Crippen LogP contribution in [-0.4, -0.2) is 29.4 Å². The van der Waals surface area contributed by atoms with Crippen LogP contribution >= 0.6 is 0 Å². The molecule has 2 aromatic rings. The lowest BCUT2D eigenvalue weighted by Gasteiger charge is -2.18. The molecule has 1 aliphatic rings. The minimum atomic E-state index is -0.830. The lowest BCUT2D eigenvalue weighted by Crippen LogP contribution is -2.37. The number of rotatable bonds is 5. The van der Waals surface area contributed by atoms with Crippen LogP contribution in [0.1, 0.15) is 18.4 Å². The molecule has 1 unspecified atom stereocenters. The van der Waals surface area contributed by atoms with Gasteiger partial charge in [-0.2, -0.15) is 0 Å². The molecule has 0 bridgehead atoms. The molecule has 1 aliphatic heterocycles. The van der Waals surface area contributed by atoms with E-state index in [1.54, 1.807) is 0 Å². The van der Waals surface area contributed by atoms with Crippen molar-refractivity contribution in [2.24, 2.45) is 0 Å². The van der Waals surface area contributed by atoms with Crippen molar-refractivity contribution in [3.63, 3.8) is 0 Å². The Hall–Kier alpha value is -2.90. The van der Waals surface area contributed by atoms with E-state index in [2.05, 4.69) is 10.3 Å². The van der Waals surface area contributed by atoms with Crippen LogP contribution in [0, 0.1) is 17.5 Å². The van der Waals surface area contributed by atoms with E-state index < -0.39 is 35.1 Å². The highest BCUT2D eigenvalue weighted by Gasteiger charge is 2.34. The number of para-hydroxylation sites is 1. The van der Waals surface area contributed by atoms with Gasteiger partial charge in [0.15, 0.2) is 0 Å². The maximum atomic E-state index is 13.8. The van der Waals surface area contributed by atoms with Crippen LogP contribution in [0.5, 0.6) is 0 Å². The number of hydrogen-bond acceptors (Lipinski definition) is 3. The summed E-state index contributed by atoms with van der Waals surface area (Å²) in [6.07, 6.45) is 2.89. The highest BCUT2D eigenvalue weighted by molar-refractivity contribution is 5.97. The van der Waals surface area contributed by atoms with Crippen molar-refractivity contribution >= 4 is 17.5 Å². The predicted molar refractivity (Wildman–Crippen MR) is 87.8 cm³/mol. The Balaban J connectivity index is 1.58. The number of anilines is 1. The van der Waals surface area contributed by atoms with E-state index in [4.69, 9.17) is 0 Å². The second-order valence-electron chi connectivity index (χ2n) is 6.05. The lowest BCUT2D eigenvalue weighted by atomic mass is 10.1. The van der Waals surface area contributed by atoms with Crippen molar-refractivity contribution in [2.45, 2.75) is 25.3 Å². The summed E-state index contributed by atoms with van der Waals surface area (Å²) in [5, 5.41) is 2.67. The number of halogens is 3. The van der Waals surface area contributed by atoms with E-state index in [9.17, 15) is 22.8 Å². The fourth-order valence-electron chi connectivity index (χ4n) is 2.92. The lowest BCUT2D eigenvalue weighted by molar-refractivity contribution is -0.121. The van der Waals surface area contributed by atoms with Gasteiger partial charge in [-0.3, -0.25) is 14.6 Å². The Bertz CT molecular complexity index is 824. The number of amides is 2. The van der Waals surface area contributed by atoms with E-state index in [0.29, 0.717) is 12.0 Å². The van der Waals surface area contributed by atoms with Crippen LogP contribution in [0.2, 0.25) is 0 Å². The highest BCUT2D eigenvalue weighted by Crippen LogP contribution is 2.27. The van der Waals surface area contributed by atoms with E-state index in [1.165, 1.54) is 18.3 Å². The van der Waals surface area contributed by atoms with Crippen molar-refractivity contribution < 1.29 is 22.8 Å². The summed E-state index contributed by atoms with van der Waals surface area (Å²) < 4.78 is 40.8. The second kappa shape index (κ2) is 7.55. The maximum Gasteiger partial charge on any atom is 0.229 e. The molecule has 1 aromatic carbocycles. The molecular formula is C18H16F3N3O2. The van der Waals surface area contributed by atoms with Crippen LogP contribution in [0.25, 0.3) is 0 Å². The van der Waals surface area contributed by atoms with Crippen LogP contribution in [0.4, 0.5) is 18.9 Å². The standard InChI is InChI=1S/C18H16F3N3O2/c19-12-6-11(8-22-9-12)4-5-16(25)23-13-7-17(26)24(10-13)18-14(20)2-1-3-15(18)21/h1-3,6,8-9,13H,4-5,7,10H2,(H,23,25). The Kier molecular flexibility index (Phi) is 5.20. The normalized spacial score (nSPS) is 16.8. The first-order valence-corrected chi connectivity index (χ1v) is 8.07. The number of carbonyl (C=O) groups excluding carboxylic acids is 2. The van der Waals surface area contributed by atoms with Gasteiger partial charge in [-0.25, -0.2) is 13.2 Å². The average Bonchev–Trinajstić information content (AvgIpc) is 2.93. The number of aromatic nitrogens is 1. The van der Waals surface area contributed by atoms with Gasteiger partial charge >= 0.3 is 0 Å². The van der Waals surface area contributed by atoms with Crippen LogP contribution in [0.15, 0.2) is 36.7 Å². The summed E-state index contributed by atoms with van der Waals surface area (Å²) in [7, 11) is 0. The summed E-state index contributed by atoms with van der Waals surface area (Å²) in [5.41, 5.74) is 0.179. The minimum absolute atomic E-state index is 0.00997. The van der Waals surface area contributed by atoms with Crippen LogP contribution in [0.3, 0.4) is 0 Å². The molecule has 2 heterocycles. The predicted octanol–water partition coefficient (Wildman–Crippen LogP) is 2.35. The molecule has 26 heavy (non-hydrogen) atoms. The molecule has 136 valence electrons. The third-order valence-electron chi connectivity index (χ3n) is 4.10. The average molecular weight is 363 g/mol. The van der Waals surface area contributed by atoms with Crippen molar-refractivity contribution in [3.05, 3.63) is 59.7 Å². The van der Waals surface area contributed by atoms with Gasteiger partial charge in [0.25, 0.3) is 0 Å². The van der Waals surface area contributed by atoms with Gasteiger partial charge in [-0.1, -0.05) is 6.07 Å². The fourth-order valence-corrected chi connectivity index (χ4v) is 2.92. The molecule has 5 nitrogen and oxygen atoms in total. The van der Waals surface area contributed by atoms with Gasteiger partial charge in [-0.15, -0.1) is 0 Å². The number of aryl methyl sites for hydroxylation is 1. The quantitative estimate of drug-likeness (QED) is 0.887. The summed E-state index contributed by atoms with van der Waals surface area (Å²) in [4.78, 5) is 28.8. The number of carbonyl (C=O) groups is 2. The molecule has 1 fully saturated rings. The largest absolute Gasteiger partial charge is 0.351 e. The molecule has 8 heteroatoms. The number of pyridine rings is 1. The summed E-state index contributed by atoms with van der Waals surface area (Å²) in [6, 6.07) is 4.12. The Morgan fingerprint density at radius 2 is 1.96 bits per heavy atom. The first-order valence-electron chi connectivity index (χ1n) is 8.07. The molecule has 2 amide bonds. The topological polar surface area (TPSA) is 62.3 Å². The van der Waals surface area contributed by atoms with E-state index in [1.807, 2.05) is 0 Å². The molecule has 1 aromatic heterocycles. The van der Waals surface area contributed by atoms with Gasteiger partial charge in [0.05, 0.1) is 12.2 Å². The Morgan fingerprint density at radius 1 is 1.23 bits per heavy atom. The molecule has 0 radical (unpaired) electrons. The first kappa shape index (κ1) is 17.9. The number of nitrogens with zero attached hydrogens (tertiary/aromatic N) is 2. The van der Waals surface area contributed by atoms with Crippen molar-refractivity contribution in [1.29, 1.82) is 0 Å². The fraction of sp³-hybridized carbons (Fsp3) is 0.278. The minimum Gasteiger partial charge on any atom is -0.351 e. The zero-order chi connectivity index (χ0) is 18.7. The van der Waals surface area contributed by atoms with Crippen LogP contribution < -0.4 is 10.2 Å². The van der Waals surface area contributed by atoms with Crippen molar-refractivity contribution in [1.82, 2.24) is 10.3 Å². The highest BCUT2D eigenvalue weighted by atomic mass is 19.1. The van der Waals surface area contributed by atoms with Gasteiger partial charge in [0.2, 0.25) is 11.8 Å². The SMILES string of the molecule is O=C(CCc1cncc(F)c1)NC1CC(=O)N(c2c(F)cccc2F)C1. The second-order valence-corrected chi connectivity index (χ2v) is 6.05. The molecule has 1 saturated heterocycles. The zero-order valence-corrected chi connectivity index (χ0v) is 13.7. The van der Waals surface area contributed by atoms with Crippen LogP contribution in [-0.2, 0) is 16.0 Å². The number of hydrogen-bond donors (Lipinski definition) is 1. The first-order chi connectivity index (χ1) is 12.4. The molecule has 0 aliphatic carbocycles. The molecule has 1 N–H and O–H groups in total. The van der Waals surface area contributed by atoms with Gasteiger partial charge in [0, 0.05) is 25.6 Å². The Labute approximate surface area is 147 Å². The molecular weight excluding hydrogens is 347 g/mol. The molecule has 0 saturated carbocycles. The van der Waals surface area contributed by atoms with Crippen molar-refractivity contribution in [3.8, 4) is 0 Å². The van der Waals surface area contributed by atoms with Crippen molar-refractivity contribution in [2.75, 3.05) is 11.4 Å². The third-order valence-corrected chi connectivity index (χ3v) is 4.10. The summed E-state index contributed by atoms with van der Waals surface area (Å²) in [6.45, 7) is -0.00997. The summed E-state index contributed by atoms with van der Waals surface area (Å²) in [5.74, 6) is -2.93. The van der Waals surface area contributed by atoms with E-state index in [0.717, 1.165) is 23.2 Å². The van der Waals surface area contributed by atoms with Gasteiger partial charge in [-0.05, 0) is 30.2 Å². The molecule has 1 atom stereocenters. The van der Waals surface area contributed by atoms with E-state index in [-0.39, 0.29) is 25.3 Å². The number of benzene rings is 1. The molecule has 3 rings (SSSR count). The van der Waals surface area contributed by atoms with Gasteiger partial charge < -0.3 is 10.2 Å². The monoisotopic (exact) mass is 363 g/mol. The van der Waals surface area contributed by atoms with E-state index >= 15 is 0 Å². The third kappa shape index (κ3) is 4.01. The smallest absolute Gasteiger partial charge is 0.229 e. The Morgan fingerprint density at radius 3 is 2.65 bits per heavy atom. The molecule has 0 spiro atoms. The summed E-state index contributed by atoms with van der Waals surface area (Å²) >= 11 is 0. The zero-order valence-electron chi connectivity index (χ0n) is 13.7. The maximum absolute atomic E-state index is 13.8.